The zero-order valence-corrected chi connectivity index (χ0v) is 16.8. The molecule has 1 aromatic carbocycles. The van der Waals surface area contributed by atoms with Gasteiger partial charge in [0.2, 0.25) is 5.91 Å². The number of amides is 2. The molecule has 1 N–H and O–H groups in total. The number of hydrogen-bond acceptors (Lipinski definition) is 5. The molecular formula is C21H28N4O3. The van der Waals surface area contributed by atoms with E-state index in [1.165, 1.54) is 0 Å². The molecule has 0 aliphatic carbocycles. The third kappa shape index (κ3) is 4.98. The van der Waals surface area contributed by atoms with Crippen molar-refractivity contribution >= 4 is 11.8 Å². The van der Waals surface area contributed by atoms with Crippen LogP contribution in [0.25, 0.3) is 0 Å². The fourth-order valence-corrected chi connectivity index (χ4v) is 3.42. The van der Waals surface area contributed by atoms with Gasteiger partial charge in [-0.25, -0.2) is 0 Å². The van der Waals surface area contributed by atoms with Gasteiger partial charge in [-0.2, -0.15) is 0 Å². The van der Waals surface area contributed by atoms with Crippen LogP contribution in [-0.2, 0) is 17.9 Å². The Balaban J connectivity index is 1.45. The second-order valence-electron chi connectivity index (χ2n) is 7.45. The van der Waals surface area contributed by atoms with Crippen LogP contribution >= 0.6 is 0 Å². The third-order valence-electron chi connectivity index (χ3n) is 5.11. The summed E-state index contributed by atoms with van der Waals surface area (Å²) in [5.74, 6) is 0.828. The number of aryl methyl sites for hydroxylation is 2. The molecule has 3 rings (SSSR count). The van der Waals surface area contributed by atoms with E-state index >= 15 is 0 Å². The molecule has 2 amide bonds. The smallest absolute Gasteiger partial charge is 0.253 e. The summed E-state index contributed by atoms with van der Waals surface area (Å²) in [4.78, 5) is 28.4. The van der Waals surface area contributed by atoms with E-state index in [1.807, 2.05) is 55.0 Å². The molecule has 1 fully saturated rings. The van der Waals surface area contributed by atoms with Gasteiger partial charge in [0, 0.05) is 37.3 Å². The van der Waals surface area contributed by atoms with Crippen molar-refractivity contribution in [2.75, 3.05) is 26.7 Å². The Hall–Kier alpha value is -2.67. The molecule has 150 valence electrons. The van der Waals surface area contributed by atoms with Gasteiger partial charge in [0.05, 0.1) is 12.2 Å². The highest BCUT2D eigenvalue weighted by Gasteiger charge is 2.19. The SMILES string of the molecule is Cc1noc(C)c1CN(C)CC(=O)NCc1ccc(C(=O)N2CCCC2)cc1. The van der Waals surface area contributed by atoms with E-state index in [1.54, 1.807) is 0 Å². The van der Waals surface area contributed by atoms with Gasteiger partial charge in [-0.05, 0) is 51.4 Å². The van der Waals surface area contributed by atoms with E-state index in [0.717, 1.165) is 48.5 Å². The van der Waals surface area contributed by atoms with Crippen molar-refractivity contribution < 1.29 is 14.1 Å². The summed E-state index contributed by atoms with van der Waals surface area (Å²) >= 11 is 0. The normalized spacial score (nSPS) is 13.9. The van der Waals surface area contributed by atoms with Crippen molar-refractivity contribution in [3.8, 4) is 0 Å². The van der Waals surface area contributed by atoms with Crippen molar-refractivity contribution in [2.24, 2.45) is 0 Å². The highest BCUT2D eigenvalue weighted by molar-refractivity contribution is 5.94. The first-order valence-electron chi connectivity index (χ1n) is 9.69. The Bertz CT molecular complexity index is 803. The largest absolute Gasteiger partial charge is 0.361 e. The Morgan fingerprint density at radius 1 is 1.18 bits per heavy atom. The van der Waals surface area contributed by atoms with Gasteiger partial charge < -0.3 is 14.7 Å². The number of benzene rings is 1. The predicted molar refractivity (Wildman–Crippen MR) is 106 cm³/mol. The van der Waals surface area contributed by atoms with Gasteiger partial charge in [0.25, 0.3) is 5.91 Å². The molecule has 7 heteroatoms. The van der Waals surface area contributed by atoms with Crippen molar-refractivity contribution in [1.29, 1.82) is 0 Å². The highest BCUT2D eigenvalue weighted by Crippen LogP contribution is 2.15. The number of carbonyl (C=O) groups excluding carboxylic acids is 2. The van der Waals surface area contributed by atoms with Gasteiger partial charge in [-0.1, -0.05) is 17.3 Å². The first-order chi connectivity index (χ1) is 13.4. The zero-order valence-electron chi connectivity index (χ0n) is 16.8. The Kier molecular flexibility index (Phi) is 6.46. The Morgan fingerprint density at radius 2 is 1.86 bits per heavy atom. The lowest BCUT2D eigenvalue weighted by molar-refractivity contribution is -0.122. The van der Waals surface area contributed by atoms with Gasteiger partial charge in [-0.15, -0.1) is 0 Å². The number of nitrogens with one attached hydrogen (secondary N) is 1. The van der Waals surface area contributed by atoms with Gasteiger partial charge in [0.15, 0.2) is 0 Å². The molecule has 28 heavy (non-hydrogen) atoms. The quantitative estimate of drug-likeness (QED) is 0.792. The zero-order chi connectivity index (χ0) is 20.1. The minimum atomic E-state index is -0.0496. The minimum absolute atomic E-state index is 0.0496. The molecule has 7 nitrogen and oxygen atoms in total. The van der Waals surface area contributed by atoms with Crippen LogP contribution in [0.1, 0.15) is 45.8 Å². The van der Waals surface area contributed by atoms with Crippen LogP contribution in [0.4, 0.5) is 0 Å². The molecule has 2 aromatic rings. The molecule has 0 spiro atoms. The maximum Gasteiger partial charge on any atom is 0.253 e. The van der Waals surface area contributed by atoms with E-state index in [2.05, 4.69) is 10.5 Å². The average molecular weight is 384 g/mol. The second-order valence-corrected chi connectivity index (χ2v) is 7.45. The van der Waals surface area contributed by atoms with Crippen LogP contribution in [0.3, 0.4) is 0 Å². The summed E-state index contributed by atoms with van der Waals surface area (Å²) in [5, 5.41) is 6.87. The summed E-state index contributed by atoms with van der Waals surface area (Å²) in [6, 6.07) is 7.48. The van der Waals surface area contributed by atoms with E-state index in [9.17, 15) is 9.59 Å². The van der Waals surface area contributed by atoms with Crippen molar-refractivity contribution in [1.82, 2.24) is 20.3 Å². The van der Waals surface area contributed by atoms with Crippen molar-refractivity contribution in [3.05, 3.63) is 52.4 Å². The maximum atomic E-state index is 12.4. The first-order valence-corrected chi connectivity index (χ1v) is 9.69. The predicted octanol–water partition coefficient (Wildman–Crippen LogP) is 2.28. The second kappa shape index (κ2) is 9.01. The van der Waals surface area contributed by atoms with Gasteiger partial charge in [-0.3, -0.25) is 14.5 Å². The highest BCUT2D eigenvalue weighted by atomic mass is 16.5. The van der Waals surface area contributed by atoms with Crippen LogP contribution in [-0.4, -0.2) is 53.5 Å². The fourth-order valence-electron chi connectivity index (χ4n) is 3.42. The van der Waals surface area contributed by atoms with Crippen LogP contribution in [0.5, 0.6) is 0 Å². The molecule has 0 radical (unpaired) electrons. The van der Waals surface area contributed by atoms with Crippen LogP contribution in [0.15, 0.2) is 28.8 Å². The van der Waals surface area contributed by atoms with Gasteiger partial charge >= 0.3 is 0 Å². The molecular weight excluding hydrogens is 356 g/mol. The van der Waals surface area contributed by atoms with Crippen LogP contribution in [0, 0.1) is 13.8 Å². The third-order valence-corrected chi connectivity index (χ3v) is 5.11. The van der Waals surface area contributed by atoms with E-state index in [4.69, 9.17) is 4.52 Å². The van der Waals surface area contributed by atoms with Crippen molar-refractivity contribution in [3.63, 3.8) is 0 Å². The first kappa shape index (κ1) is 20.1. The molecule has 2 heterocycles. The molecule has 1 aromatic heterocycles. The van der Waals surface area contributed by atoms with E-state index in [-0.39, 0.29) is 18.4 Å². The number of likely N-dealkylation sites (N-methyl/N-ethyl adjacent to an activating group) is 1. The molecule has 0 unspecified atom stereocenters. The number of aromatic nitrogens is 1. The lowest BCUT2D eigenvalue weighted by Gasteiger charge is -2.16. The van der Waals surface area contributed by atoms with Crippen molar-refractivity contribution in [2.45, 2.75) is 39.8 Å². The number of carbonyl (C=O) groups is 2. The minimum Gasteiger partial charge on any atom is -0.361 e. The summed E-state index contributed by atoms with van der Waals surface area (Å²) in [6.45, 7) is 6.81. The van der Waals surface area contributed by atoms with E-state index < -0.39 is 0 Å². The Labute approximate surface area is 165 Å². The molecule has 0 saturated carbocycles. The number of nitrogens with zero attached hydrogens (tertiary/aromatic N) is 3. The number of hydrogen-bond donors (Lipinski definition) is 1. The van der Waals surface area contributed by atoms with E-state index in [0.29, 0.717) is 18.7 Å². The number of rotatable bonds is 7. The standard InChI is InChI=1S/C21H28N4O3/c1-15-19(16(2)28-23-15)13-24(3)14-20(26)22-12-17-6-8-18(9-7-17)21(27)25-10-4-5-11-25/h6-9H,4-5,10-14H2,1-3H3,(H,22,26). The topological polar surface area (TPSA) is 78.7 Å². The summed E-state index contributed by atoms with van der Waals surface area (Å²) in [6.07, 6.45) is 2.17. The maximum absolute atomic E-state index is 12.4. The lowest BCUT2D eigenvalue weighted by Crippen LogP contribution is -2.34. The molecule has 1 saturated heterocycles. The molecule has 1 aliphatic rings. The summed E-state index contributed by atoms with van der Waals surface area (Å²) in [7, 11) is 1.89. The monoisotopic (exact) mass is 384 g/mol. The van der Waals surface area contributed by atoms with Crippen LogP contribution in [0.2, 0.25) is 0 Å². The molecule has 0 atom stereocenters. The van der Waals surface area contributed by atoms with Gasteiger partial charge in [0.1, 0.15) is 5.76 Å². The lowest BCUT2D eigenvalue weighted by atomic mass is 10.1. The van der Waals surface area contributed by atoms with Crippen LogP contribution < -0.4 is 5.32 Å². The fraction of sp³-hybridized carbons (Fsp3) is 0.476. The molecule has 0 bridgehead atoms. The summed E-state index contributed by atoms with van der Waals surface area (Å²) in [5.41, 5.74) is 3.55. The summed E-state index contributed by atoms with van der Waals surface area (Å²) < 4.78 is 5.16. The number of likely N-dealkylation sites (tertiary alicyclic amines) is 1. The average Bonchev–Trinajstić information content (AvgIpc) is 3.32. The Morgan fingerprint density at radius 3 is 2.46 bits per heavy atom. The molecule has 1 aliphatic heterocycles.